The maximum Gasteiger partial charge on any atom is 0.242 e. The van der Waals surface area contributed by atoms with E-state index in [0.29, 0.717) is 18.8 Å². The molecule has 0 amide bonds. The molecule has 122 valence electrons. The van der Waals surface area contributed by atoms with Gasteiger partial charge in [-0.15, -0.1) is 0 Å². The van der Waals surface area contributed by atoms with Gasteiger partial charge in [-0.2, -0.15) is 0 Å². The molecule has 0 aliphatic heterocycles. The van der Waals surface area contributed by atoms with Crippen LogP contribution >= 0.6 is 0 Å². The Bertz CT molecular complexity index is 514. The lowest BCUT2D eigenvalue weighted by atomic mass is 10.3. The zero-order chi connectivity index (χ0) is 16.0. The molecule has 1 aromatic rings. The minimum Gasteiger partial charge on any atom is -0.390 e. The second-order valence-corrected chi connectivity index (χ2v) is 6.83. The summed E-state index contributed by atoms with van der Waals surface area (Å²) in [5.41, 5.74) is 0.606. The Hall–Kier alpha value is -0.890. The van der Waals surface area contributed by atoms with E-state index in [4.69, 9.17) is 0 Å². The number of nitrogens with one attached hydrogen (secondary N) is 1. The van der Waals surface area contributed by atoms with Crippen molar-refractivity contribution in [2.45, 2.75) is 51.8 Å². The van der Waals surface area contributed by atoms with Gasteiger partial charge in [-0.1, -0.05) is 13.8 Å². The van der Waals surface area contributed by atoms with Gasteiger partial charge in [0.25, 0.3) is 0 Å². The summed E-state index contributed by atoms with van der Waals surface area (Å²) in [4.78, 5) is 2.38. The fourth-order valence-corrected chi connectivity index (χ4v) is 3.64. The van der Waals surface area contributed by atoms with Gasteiger partial charge in [-0.05, 0) is 33.0 Å². The van der Waals surface area contributed by atoms with Crippen LogP contribution in [0.25, 0.3) is 0 Å². The lowest BCUT2D eigenvalue weighted by Crippen LogP contribution is -2.41. The van der Waals surface area contributed by atoms with E-state index in [9.17, 15) is 13.5 Å². The van der Waals surface area contributed by atoms with Crippen LogP contribution in [0.15, 0.2) is 17.2 Å². The second kappa shape index (κ2) is 7.93. The van der Waals surface area contributed by atoms with E-state index < -0.39 is 10.0 Å². The van der Waals surface area contributed by atoms with Crippen molar-refractivity contribution in [3.8, 4) is 0 Å². The molecule has 2 N–H and O–H groups in total. The SMILES string of the molecule is CCN(CC)CC(C)NS(=O)(=O)c1cc(CO)n(CC)c1. The summed E-state index contributed by atoms with van der Waals surface area (Å²) in [5.74, 6) is 0. The maximum atomic E-state index is 12.4. The number of hydrogen-bond acceptors (Lipinski definition) is 4. The van der Waals surface area contributed by atoms with Crippen molar-refractivity contribution in [3.05, 3.63) is 18.0 Å². The average Bonchev–Trinajstić information content (AvgIpc) is 2.88. The molecule has 1 aromatic heterocycles. The van der Waals surface area contributed by atoms with Crippen molar-refractivity contribution in [3.63, 3.8) is 0 Å². The van der Waals surface area contributed by atoms with Gasteiger partial charge in [0.15, 0.2) is 0 Å². The number of aliphatic hydroxyl groups is 1. The predicted molar refractivity (Wildman–Crippen MR) is 83.6 cm³/mol. The molecule has 21 heavy (non-hydrogen) atoms. The number of aryl methyl sites for hydroxylation is 1. The highest BCUT2D eigenvalue weighted by Gasteiger charge is 2.21. The Morgan fingerprint density at radius 3 is 2.38 bits per heavy atom. The molecule has 0 bridgehead atoms. The van der Waals surface area contributed by atoms with Crippen molar-refractivity contribution < 1.29 is 13.5 Å². The molecule has 0 fully saturated rings. The van der Waals surface area contributed by atoms with E-state index in [2.05, 4.69) is 23.5 Å². The van der Waals surface area contributed by atoms with Gasteiger partial charge in [0.05, 0.1) is 11.5 Å². The zero-order valence-electron chi connectivity index (χ0n) is 13.3. The monoisotopic (exact) mass is 317 g/mol. The maximum absolute atomic E-state index is 12.4. The first kappa shape index (κ1) is 18.2. The third kappa shape index (κ3) is 4.81. The van der Waals surface area contributed by atoms with Crippen LogP contribution in [-0.4, -0.2) is 48.7 Å². The first-order chi connectivity index (χ1) is 9.87. The normalized spacial score (nSPS) is 13.8. The van der Waals surface area contributed by atoms with E-state index in [-0.39, 0.29) is 17.5 Å². The highest BCUT2D eigenvalue weighted by Crippen LogP contribution is 2.15. The molecule has 0 aliphatic rings. The van der Waals surface area contributed by atoms with Crippen LogP contribution in [-0.2, 0) is 23.2 Å². The number of likely N-dealkylation sites (N-methyl/N-ethyl adjacent to an activating group) is 1. The summed E-state index contributed by atoms with van der Waals surface area (Å²) in [6.45, 7) is 10.8. The summed E-state index contributed by atoms with van der Waals surface area (Å²) in [7, 11) is -3.55. The molecule has 0 aromatic carbocycles. The molecule has 0 saturated carbocycles. The summed E-state index contributed by atoms with van der Waals surface area (Å²) in [5, 5.41) is 9.25. The Kier molecular flexibility index (Phi) is 6.86. The molecule has 1 rings (SSSR count). The van der Waals surface area contributed by atoms with Crippen LogP contribution in [0.1, 0.15) is 33.4 Å². The van der Waals surface area contributed by atoms with E-state index >= 15 is 0 Å². The largest absolute Gasteiger partial charge is 0.390 e. The zero-order valence-corrected chi connectivity index (χ0v) is 14.2. The molecule has 1 atom stereocenters. The smallest absolute Gasteiger partial charge is 0.242 e. The molecule has 1 heterocycles. The van der Waals surface area contributed by atoms with Crippen molar-refractivity contribution in [1.29, 1.82) is 0 Å². The van der Waals surface area contributed by atoms with E-state index in [0.717, 1.165) is 13.1 Å². The third-order valence-corrected chi connectivity index (χ3v) is 5.11. The molecule has 7 heteroatoms. The number of hydrogen-bond donors (Lipinski definition) is 2. The van der Waals surface area contributed by atoms with Crippen molar-refractivity contribution >= 4 is 10.0 Å². The molecule has 6 nitrogen and oxygen atoms in total. The van der Waals surface area contributed by atoms with Gasteiger partial charge in [-0.3, -0.25) is 0 Å². The van der Waals surface area contributed by atoms with Gasteiger partial charge >= 0.3 is 0 Å². The minimum atomic E-state index is -3.55. The highest BCUT2D eigenvalue weighted by atomic mass is 32.2. The molecular formula is C14H27N3O3S. The van der Waals surface area contributed by atoms with Crippen LogP contribution in [0, 0.1) is 0 Å². The van der Waals surface area contributed by atoms with Crippen molar-refractivity contribution in [2.75, 3.05) is 19.6 Å². The lowest BCUT2D eigenvalue weighted by molar-refractivity contribution is 0.271. The number of aromatic nitrogens is 1. The van der Waals surface area contributed by atoms with Gasteiger partial charge in [0.2, 0.25) is 10.0 Å². The van der Waals surface area contributed by atoms with Gasteiger partial charge in [-0.25, -0.2) is 13.1 Å². The quantitative estimate of drug-likeness (QED) is 0.713. The Labute approximate surface area is 127 Å². The fourth-order valence-electron chi connectivity index (χ4n) is 2.34. The fraction of sp³-hybridized carbons (Fsp3) is 0.714. The van der Waals surface area contributed by atoms with Crippen LogP contribution in [0.5, 0.6) is 0 Å². The van der Waals surface area contributed by atoms with E-state index in [1.165, 1.54) is 6.07 Å². The lowest BCUT2D eigenvalue weighted by Gasteiger charge is -2.23. The van der Waals surface area contributed by atoms with Crippen molar-refractivity contribution in [2.24, 2.45) is 0 Å². The second-order valence-electron chi connectivity index (χ2n) is 5.12. The first-order valence-corrected chi connectivity index (χ1v) is 8.90. The summed E-state index contributed by atoms with van der Waals surface area (Å²) >= 11 is 0. The van der Waals surface area contributed by atoms with Crippen molar-refractivity contribution in [1.82, 2.24) is 14.2 Å². The standard InChI is InChI=1S/C14H27N3O3S/c1-5-16(6-2)9-12(4)15-21(19,20)14-8-13(11-18)17(7-3)10-14/h8,10,12,15,18H,5-7,9,11H2,1-4H3. The Morgan fingerprint density at radius 2 is 1.95 bits per heavy atom. The summed E-state index contributed by atoms with van der Waals surface area (Å²) in [6.07, 6.45) is 1.57. The van der Waals surface area contributed by atoms with E-state index in [1.807, 2.05) is 13.8 Å². The number of aliphatic hydroxyl groups excluding tert-OH is 1. The minimum absolute atomic E-state index is 0.168. The number of nitrogens with zero attached hydrogens (tertiary/aromatic N) is 2. The molecule has 0 spiro atoms. The topological polar surface area (TPSA) is 74.6 Å². The summed E-state index contributed by atoms with van der Waals surface area (Å²) < 4.78 is 29.2. The van der Waals surface area contributed by atoms with Gasteiger partial charge in [0.1, 0.15) is 0 Å². The third-order valence-electron chi connectivity index (χ3n) is 3.56. The number of sulfonamides is 1. The molecular weight excluding hydrogens is 290 g/mol. The van der Waals surface area contributed by atoms with Gasteiger partial charge < -0.3 is 14.6 Å². The van der Waals surface area contributed by atoms with Crippen LogP contribution in [0.4, 0.5) is 0 Å². The molecule has 0 saturated heterocycles. The average molecular weight is 317 g/mol. The first-order valence-electron chi connectivity index (χ1n) is 7.42. The molecule has 1 unspecified atom stereocenters. The highest BCUT2D eigenvalue weighted by molar-refractivity contribution is 7.89. The predicted octanol–water partition coefficient (Wildman–Crippen LogP) is 1.01. The Balaban J connectivity index is 2.83. The van der Waals surface area contributed by atoms with Crippen LogP contribution < -0.4 is 4.72 Å². The number of rotatable bonds is 9. The van der Waals surface area contributed by atoms with Crippen LogP contribution in [0.3, 0.4) is 0 Å². The molecule has 0 radical (unpaired) electrons. The Morgan fingerprint density at radius 1 is 1.33 bits per heavy atom. The van der Waals surface area contributed by atoms with E-state index in [1.54, 1.807) is 10.8 Å². The van der Waals surface area contributed by atoms with Crippen LogP contribution in [0.2, 0.25) is 0 Å². The van der Waals surface area contributed by atoms with Gasteiger partial charge in [0, 0.05) is 31.0 Å². The summed E-state index contributed by atoms with van der Waals surface area (Å²) in [6, 6.07) is 1.35. The molecule has 0 aliphatic carbocycles.